The van der Waals surface area contributed by atoms with E-state index in [-0.39, 0.29) is 5.54 Å². The van der Waals surface area contributed by atoms with Crippen LogP contribution in [0.2, 0.25) is 0 Å². The second kappa shape index (κ2) is 6.23. The van der Waals surface area contributed by atoms with Crippen LogP contribution in [0.25, 0.3) is 6.08 Å². The lowest BCUT2D eigenvalue weighted by Gasteiger charge is -2.38. The Morgan fingerprint density at radius 3 is 2.53 bits per heavy atom. The van der Waals surface area contributed by atoms with Crippen molar-refractivity contribution >= 4 is 17.7 Å². The summed E-state index contributed by atoms with van der Waals surface area (Å²) in [5.74, 6) is -0.944. The van der Waals surface area contributed by atoms with E-state index in [0.717, 1.165) is 17.3 Å². The average molecular weight is 259 g/mol. The van der Waals surface area contributed by atoms with E-state index in [1.54, 1.807) is 6.08 Å². The maximum absolute atomic E-state index is 10.7. The van der Waals surface area contributed by atoms with E-state index in [9.17, 15) is 4.79 Å². The highest BCUT2D eigenvalue weighted by atomic mass is 16.4. The molecule has 3 nitrogen and oxygen atoms in total. The highest BCUT2D eigenvalue weighted by Crippen LogP contribution is 2.28. The number of nitrogens with zero attached hydrogens (tertiary/aromatic N) is 1. The molecule has 0 aliphatic rings. The van der Waals surface area contributed by atoms with Crippen LogP contribution < -0.4 is 4.90 Å². The molecule has 19 heavy (non-hydrogen) atoms. The van der Waals surface area contributed by atoms with Crippen molar-refractivity contribution in [2.24, 2.45) is 0 Å². The molecule has 1 aromatic rings. The molecule has 0 aliphatic carbocycles. The molecule has 3 heteroatoms. The Hall–Kier alpha value is -2.03. The van der Waals surface area contributed by atoms with Gasteiger partial charge in [-0.2, -0.15) is 0 Å². The Labute approximate surface area is 114 Å². The van der Waals surface area contributed by atoms with E-state index in [0.29, 0.717) is 6.54 Å². The Balaban J connectivity index is 3.23. The number of hydrogen-bond donors (Lipinski definition) is 1. The third-order valence-electron chi connectivity index (χ3n) is 2.75. The van der Waals surface area contributed by atoms with Gasteiger partial charge in [-0.1, -0.05) is 24.3 Å². The van der Waals surface area contributed by atoms with Gasteiger partial charge in [0.05, 0.1) is 0 Å². The molecule has 1 rings (SSSR count). The largest absolute Gasteiger partial charge is 0.478 e. The van der Waals surface area contributed by atoms with Crippen LogP contribution in [-0.2, 0) is 4.79 Å². The number of carbonyl (C=O) groups is 1. The number of anilines is 1. The molecular weight excluding hydrogens is 238 g/mol. The molecule has 0 aliphatic heterocycles. The fraction of sp³-hybridized carbons (Fsp3) is 0.312. The lowest BCUT2D eigenvalue weighted by molar-refractivity contribution is -0.131. The van der Waals surface area contributed by atoms with Gasteiger partial charge in [-0.15, -0.1) is 6.58 Å². The smallest absolute Gasteiger partial charge is 0.328 e. The number of hydrogen-bond acceptors (Lipinski definition) is 2. The summed E-state index contributed by atoms with van der Waals surface area (Å²) < 4.78 is 0. The van der Waals surface area contributed by atoms with Crippen molar-refractivity contribution in [1.82, 2.24) is 0 Å². The summed E-state index contributed by atoms with van der Waals surface area (Å²) in [6.45, 7) is 10.9. The summed E-state index contributed by atoms with van der Waals surface area (Å²) in [7, 11) is 0. The van der Waals surface area contributed by atoms with E-state index < -0.39 is 5.97 Å². The SMILES string of the molecule is C=CCN(c1ccccc1/C=C/C(=O)O)C(C)(C)C. The van der Waals surface area contributed by atoms with E-state index in [1.807, 2.05) is 30.3 Å². The maximum atomic E-state index is 10.7. The predicted molar refractivity (Wildman–Crippen MR) is 80.4 cm³/mol. The van der Waals surface area contributed by atoms with Crippen LogP contribution in [0, 0.1) is 0 Å². The molecule has 0 unspecified atom stereocenters. The molecule has 0 amide bonds. The predicted octanol–water partition coefficient (Wildman–Crippen LogP) is 3.58. The minimum Gasteiger partial charge on any atom is -0.478 e. The standard InChI is InChI=1S/C16H21NO2/c1-5-12-17(16(2,3)4)14-9-7-6-8-13(14)10-11-15(18)19/h5-11H,1,12H2,2-4H3,(H,18,19)/b11-10+. The van der Waals surface area contributed by atoms with E-state index in [2.05, 4.69) is 32.3 Å². The van der Waals surface area contributed by atoms with Crippen LogP contribution in [0.5, 0.6) is 0 Å². The Bertz CT molecular complexity index is 484. The zero-order chi connectivity index (χ0) is 14.5. The maximum Gasteiger partial charge on any atom is 0.328 e. The molecule has 0 fully saturated rings. The summed E-state index contributed by atoms with van der Waals surface area (Å²) in [5.41, 5.74) is 1.83. The lowest BCUT2D eigenvalue weighted by Crippen LogP contribution is -2.42. The second-order valence-electron chi connectivity index (χ2n) is 5.30. The minimum absolute atomic E-state index is 0.0681. The number of benzene rings is 1. The van der Waals surface area contributed by atoms with Gasteiger partial charge in [0, 0.05) is 23.8 Å². The van der Waals surface area contributed by atoms with Crippen LogP contribution in [0.15, 0.2) is 43.0 Å². The molecule has 0 aromatic heterocycles. The normalized spacial score (nSPS) is 11.5. The quantitative estimate of drug-likeness (QED) is 0.649. The van der Waals surface area contributed by atoms with Gasteiger partial charge in [-0.05, 0) is 38.5 Å². The van der Waals surface area contributed by atoms with Crippen molar-refractivity contribution in [1.29, 1.82) is 0 Å². The fourth-order valence-corrected chi connectivity index (χ4v) is 1.90. The summed E-state index contributed by atoms with van der Waals surface area (Å²) in [6.07, 6.45) is 4.63. The van der Waals surface area contributed by atoms with Gasteiger partial charge in [0.15, 0.2) is 0 Å². The van der Waals surface area contributed by atoms with Gasteiger partial charge in [0.1, 0.15) is 0 Å². The van der Waals surface area contributed by atoms with Crippen molar-refractivity contribution in [3.05, 3.63) is 48.6 Å². The van der Waals surface area contributed by atoms with Gasteiger partial charge in [0.2, 0.25) is 0 Å². The topological polar surface area (TPSA) is 40.5 Å². The summed E-state index contributed by atoms with van der Waals surface area (Å²) in [4.78, 5) is 12.9. The lowest BCUT2D eigenvalue weighted by atomic mass is 10.0. The minimum atomic E-state index is -0.944. The highest BCUT2D eigenvalue weighted by Gasteiger charge is 2.21. The molecular formula is C16H21NO2. The van der Waals surface area contributed by atoms with Crippen molar-refractivity contribution in [3.63, 3.8) is 0 Å². The first-order valence-corrected chi connectivity index (χ1v) is 6.25. The van der Waals surface area contributed by atoms with Crippen LogP contribution in [0.1, 0.15) is 26.3 Å². The van der Waals surface area contributed by atoms with Crippen LogP contribution in [0.4, 0.5) is 5.69 Å². The number of para-hydroxylation sites is 1. The molecule has 1 N–H and O–H groups in total. The van der Waals surface area contributed by atoms with Crippen molar-refractivity contribution in [3.8, 4) is 0 Å². The number of rotatable bonds is 5. The third kappa shape index (κ3) is 4.28. The molecule has 0 spiro atoms. The first kappa shape index (κ1) is 15.0. The summed E-state index contributed by atoms with van der Waals surface area (Å²) in [6, 6.07) is 7.77. The van der Waals surface area contributed by atoms with Crippen LogP contribution in [0.3, 0.4) is 0 Å². The molecule has 0 radical (unpaired) electrons. The molecule has 102 valence electrons. The fourth-order valence-electron chi connectivity index (χ4n) is 1.90. The summed E-state index contributed by atoms with van der Waals surface area (Å²) in [5, 5.41) is 8.75. The van der Waals surface area contributed by atoms with Crippen LogP contribution >= 0.6 is 0 Å². The molecule has 0 bridgehead atoms. The van der Waals surface area contributed by atoms with Crippen LogP contribution in [-0.4, -0.2) is 23.2 Å². The van der Waals surface area contributed by atoms with Gasteiger partial charge in [0.25, 0.3) is 0 Å². The van der Waals surface area contributed by atoms with E-state index >= 15 is 0 Å². The zero-order valence-corrected chi connectivity index (χ0v) is 11.8. The molecule has 0 atom stereocenters. The van der Waals surface area contributed by atoms with Gasteiger partial charge >= 0.3 is 5.97 Å². The third-order valence-corrected chi connectivity index (χ3v) is 2.75. The molecule has 0 saturated carbocycles. The van der Waals surface area contributed by atoms with Gasteiger partial charge in [-0.3, -0.25) is 0 Å². The second-order valence-corrected chi connectivity index (χ2v) is 5.30. The number of aliphatic carboxylic acids is 1. The van der Waals surface area contributed by atoms with Gasteiger partial charge in [-0.25, -0.2) is 4.79 Å². The Morgan fingerprint density at radius 1 is 1.37 bits per heavy atom. The van der Waals surface area contributed by atoms with E-state index in [4.69, 9.17) is 5.11 Å². The summed E-state index contributed by atoms with van der Waals surface area (Å²) >= 11 is 0. The monoisotopic (exact) mass is 259 g/mol. The first-order chi connectivity index (χ1) is 8.86. The Kier molecular flexibility index (Phi) is 4.93. The van der Waals surface area contributed by atoms with E-state index in [1.165, 1.54) is 0 Å². The highest BCUT2D eigenvalue weighted by molar-refractivity contribution is 5.87. The van der Waals surface area contributed by atoms with Crippen molar-refractivity contribution < 1.29 is 9.90 Å². The number of carboxylic acid groups (broad SMARTS) is 1. The molecule has 1 aromatic carbocycles. The van der Waals surface area contributed by atoms with Gasteiger partial charge < -0.3 is 10.0 Å². The molecule has 0 saturated heterocycles. The molecule has 0 heterocycles. The average Bonchev–Trinajstić information content (AvgIpc) is 2.32. The number of carboxylic acids is 1. The van der Waals surface area contributed by atoms with Crippen molar-refractivity contribution in [2.45, 2.75) is 26.3 Å². The zero-order valence-electron chi connectivity index (χ0n) is 11.8. The first-order valence-electron chi connectivity index (χ1n) is 6.25. The Morgan fingerprint density at radius 2 is 2.00 bits per heavy atom. The van der Waals surface area contributed by atoms with Crippen molar-refractivity contribution in [2.75, 3.05) is 11.4 Å².